The zero-order chi connectivity index (χ0) is 23.5. The molecule has 3 aromatic heterocycles. The Hall–Kier alpha value is -3.67. The highest BCUT2D eigenvalue weighted by molar-refractivity contribution is 6.30. The minimum Gasteiger partial charge on any atom is -0.319 e. The zero-order valence-corrected chi connectivity index (χ0v) is 19.4. The van der Waals surface area contributed by atoms with E-state index in [0.717, 1.165) is 40.6 Å². The molecular formula is C28H22ClFN4. The van der Waals surface area contributed by atoms with Gasteiger partial charge in [-0.25, -0.2) is 14.4 Å². The summed E-state index contributed by atoms with van der Waals surface area (Å²) in [7, 11) is 1.95. The van der Waals surface area contributed by atoms with Crippen molar-refractivity contribution in [3.05, 3.63) is 102 Å². The maximum atomic E-state index is 14.7. The van der Waals surface area contributed by atoms with Gasteiger partial charge in [-0.1, -0.05) is 35.9 Å². The summed E-state index contributed by atoms with van der Waals surface area (Å²) < 4.78 is 14.7. The monoisotopic (exact) mass is 468 g/mol. The van der Waals surface area contributed by atoms with E-state index < -0.39 is 0 Å². The number of hydrogen-bond donors (Lipinski definition) is 1. The maximum Gasteiger partial charge on any atom is 0.160 e. The molecule has 2 aromatic carbocycles. The van der Waals surface area contributed by atoms with Gasteiger partial charge in [-0.3, -0.25) is 4.98 Å². The summed E-state index contributed by atoms with van der Waals surface area (Å²) in [6.07, 6.45) is 6.31. The normalized spacial score (nSPS) is 11.1. The van der Waals surface area contributed by atoms with Crippen molar-refractivity contribution in [2.75, 3.05) is 13.6 Å². The van der Waals surface area contributed by atoms with Crippen molar-refractivity contribution in [1.82, 2.24) is 20.3 Å². The number of fused-ring (bicyclic) bond motifs is 1. The Morgan fingerprint density at radius 2 is 1.76 bits per heavy atom. The summed E-state index contributed by atoms with van der Waals surface area (Å²) in [5.41, 5.74) is 6.50. The number of nitrogens with one attached hydrogen (secondary N) is 1. The number of aromatic nitrogens is 3. The molecule has 1 N–H and O–H groups in total. The highest BCUT2D eigenvalue weighted by Crippen LogP contribution is 2.34. The van der Waals surface area contributed by atoms with Gasteiger partial charge < -0.3 is 5.32 Å². The predicted molar refractivity (Wildman–Crippen MR) is 136 cm³/mol. The van der Waals surface area contributed by atoms with Crippen molar-refractivity contribution in [3.63, 3.8) is 0 Å². The Bertz CT molecular complexity index is 1490. The highest BCUT2D eigenvalue weighted by atomic mass is 35.5. The second-order valence-electron chi connectivity index (χ2n) is 8.07. The maximum absolute atomic E-state index is 14.7. The van der Waals surface area contributed by atoms with Gasteiger partial charge in [-0.05, 0) is 79.2 Å². The summed E-state index contributed by atoms with van der Waals surface area (Å²) in [5.74, 6) is -0.386. The molecule has 6 heteroatoms. The van der Waals surface area contributed by atoms with Gasteiger partial charge >= 0.3 is 0 Å². The van der Waals surface area contributed by atoms with E-state index in [9.17, 15) is 4.39 Å². The fourth-order valence-electron chi connectivity index (χ4n) is 4.05. The molecule has 3 heterocycles. The number of hydrogen-bond acceptors (Lipinski definition) is 4. The molecule has 0 aliphatic rings. The zero-order valence-electron chi connectivity index (χ0n) is 18.6. The molecule has 0 bridgehead atoms. The second-order valence-corrected chi connectivity index (χ2v) is 8.51. The molecule has 0 unspecified atom stereocenters. The highest BCUT2D eigenvalue weighted by Gasteiger charge is 2.14. The average Bonchev–Trinajstić information content (AvgIpc) is 2.88. The first-order chi connectivity index (χ1) is 16.6. The molecule has 168 valence electrons. The van der Waals surface area contributed by atoms with Gasteiger partial charge in [0.2, 0.25) is 0 Å². The summed E-state index contributed by atoms with van der Waals surface area (Å²) >= 11 is 6.15. The summed E-state index contributed by atoms with van der Waals surface area (Å²) in [6.45, 7) is 0.917. The van der Waals surface area contributed by atoms with Crippen LogP contribution in [0.25, 0.3) is 44.5 Å². The van der Waals surface area contributed by atoms with Crippen LogP contribution in [-0.4, -0.2) is 28.5 Å². The van der Waals surface area contributed by atoms with Crippen molar-refractivity contribution in [3.8, 4) is 33.5 Å². The topological polar surface area (TPSA) is 50.7 Å². The number of rotatable bonds is 6. The lowest BCUT2D eigenvalue weighted by Crippen LogP contribution is -2.10. The molecule has 0 fully saturated rings. The summed E-state index contributed by atoms with van der Waals surface area (Å²) in [6, 6.07) is 20.8. The van der Waals surface area contributed by atoms with Crippen LogP contribution in [0.4, 0.5) is 4.39 Å². The van der Waals surface area contributed by atoms with Gasteiger partial charge in [0.1, 0.15) is 5.82 Å². The third-order valence-electron chi connectivity index (χ3n) is 5.76. The lowest BCUT2D eigenvalue weighted by Gasteiger charge is -2.12. The summed E-state index contributed by atoms with van der Waals surface area (Å²) in [4.78, 5) is 13.6. The van der Waals surface area contributed by atoms with E-state index >= 15 is 0 Å². The molecular weight excluding hydrogens is 447 g/mol. The van der Waals surface area contributed by atoms with Crippen molar-refractivity contribution >= 4 is 22.6 Å². The molecule has 0 spiro atoms. The van der Waals surface area contributed by atoms with E-state index in [1.165, 1.54) is 17.7 Å². The number of halogens is 2. The third-order valence-corrected chi connectivity index (χ3v) is 6.00. The van der Waals surface area contributed by atoms with Crippen LogP contribution in [0.15, 0.2) is 85.3 Å². The van der Waals surface area contributed by atoms with E-state index in [2.05, 4.69) is 50.6 Å². The van der Waals surface area contributed by atoms with Crippen molar-refractivity contribution in [2.24, 2.45) is 0 Å². The van der Waals surface area contributed by atoms with Crippen LogP contribution in [0, 0.1) is 5.82 Å². The van der Waals surface area contributed by atoms with Gasteiger partial charge in [-0.2, -0.15) is 0 Å². The van der Waals surface area contributed by atoms with Crippen LogP contribution < -0.4 is 5.32 Å². The van der Waals surface area contributed by atoms with Crippen LogP contribution in [0.5, 0.6) is 0 Å². The molecule has 5 rings (SSSR count). The van der Waals surface area contributed by atoms with Crippen LogP contribution in [0.3, 0.4) is 0 Å². The van der Waals surface area contributed by atoms with Gasteiger partial charge in [0.25, 0.3) is 0 Å². The molecule has 0 aliphatic carbocycles. The Labute approximate surface area is 202 Å². The molecule has 34 heavy (non-hydrogen) atoms. The second kappa shape index (κ2) is 9.67. The van der Waals surface area contributed by atoms with E-state index in [4.69, 9.17) is 11.6 Å². The molecule has 0 atom stereocenters. The standard InChI is InChI=1S/C28H22ClFN4/c1-31-11-9-18-4-2-5-19(12-18)20-13-21(17-32-16-20)24-15-27(25-14-22(29)7-8-26(25)30)34-28-23(24)6-3-10-33-28/h2-8,10,12-17,31H,9,11H2,1H3. The van der Waals surface area contributed by atoms with E-state index in [1.54, 1.807) is 12.3 Å². The number of likely N-dealkylation sites (N-methyl/N-ethyl adjacent to an activating group) is 1. The van der Waals surface area contributed by atoms with Crippen molar-refractivity contribution < 1.29 is 4.39 Å². The van der Waals surface area contributed by atoms with Gasteiger partial charge in [-0.15, -0.1) is 0 Å². The first-order valence-corrected chi connectivity index (χ1v) is 11.4. The number of benzene rings is 2. The first kappa shape index (κ1) is 22.1. The Kier molecular flexibility index (Phi) is 6.30. The lowest BCUT2D eigenvalue weighted by molar-refractivity contribution is 0.631. The van der Waals surface area contributed by atoms with Crippen LogP contribution >= 0.6 is 11.6 Å². The Morgan fingerprint density at radius 1 is 0.882 bits per heavy atom. The minimum absolute atomic E-state index is 0.336. The van der Waals surface area contributed by atoms with Crippen LogP contribution in [0.1, 0.15) is 5.56 Å². The Morgan fingerprint density at radius 3 is 2.65 bits per heavy atom. The van der Waals surface area contributed by atoms with Gasteiger partial charge in [0, 0.05) is 45.7 Å². The van der Waals surface area contributed by atoms with Crippen molar-refractivity contribution in [1.29, 1.82) is 0 Å². The predicted octanol–water partition coefficient (Wildman–Crippen LogP) is 6.58. The molecule has 4 nitrogen and oxygen atoms in total. The Balaban J connectivity index is 1.65. The van der Waals surface area contributed by atoms with Gasteiger partial charge in [0.05, 0.1) is 5.69 Å². The first-order valence-electron chi connectivity index (χ1n) is 11.0. The van der Waals surface area contributed by atoms with Crippen molar-refractivity contribution in [2.45, 2.75) is 6.42 Å². The fourth-order valence-corrected chi connectivity index (χ4v) is 4.22. The molecule has 0 saturated carbocycles. The molecule has 0 aliphatic heterocycles. The molecule has 0 radical (unpaired) electrons. The van der Waals surface area contributed by atoms with Crippen LogP contribution in [0.2, 0.25) is 5.02 Å². The minimum atomic E-state index is -0.386. The fraction of sp³-hybridized carbons (Fsp3) is 0.107. The number of nitrogens with zero attached hydrogens (tertiary/aromatic N) is 3. The van der Waals surface area contributed by atoms with E-state index in [0.29, 0.717) is 21.9 Å². The van der Waals surface area contributed by atoms with Gasteiger partial charge in [0.15, 0.2) is 5.65 Å². The average molecular weight is 469 g/mol. The molecule has 0 amide bonds. The van der Waals surface area contributed by atoms with E-state index in [-0.39, 0.29) is 5.82 Å². The quantitative estimate of drug-likeness (QED) is 0.306. The largest absolute Gasteiger partial charge is 0.319 e. The van der Waals surface area contributed by atoms with E-state index in [1.807, 2.05) is 37.6 Å². The number of pyridine rings is 3. The molecule has 0 saturated heterocycles. The SMILES string of the molecule is CNCCc1cccc(-c2cncc(-c3cc(-c4cc(Cl)ccc4F)nc4ncccc34)c2)c1. The smallest absolute Gasteiger partial charge is 0.160 e. The lowest BCUT2D eigenvalue weighted by atomic mass is 9.97. The third kappa shape index (κ3) is 4.53. The van der Waals surface area contributed by atoms with Crippen LogP contribution in [-0.2, 0) is 6.42 Å². The summed E-state index contributed by atoms with van der Waals surface area (Å²) in [5, 5.41) is 4.51. The molecule has 5 aromatic rings.